The van der Waals surface area contributed by atoms with Crippen LogP contribution in [0, 0.1) is 10.1 Å². The number of piperidine rings is 1. The van der Waals surface area contributed by atoms with E-state index in [2.05, 4.69) is 20.4 Å². The highest BCUT2D eigenvalue weighted by Gasteiger charge is 2.30. The zero-order chi connectivity index (χ0) is 17.4. The normalized spacial score (nSPS) is 17.8. The first-order valence-corrected chi connectivity index (χ1v) is 7.92. The van der Waals surface area contributed by atoms with Crippen molar-refractivity contribution in [1.29, 1.82) is 0 Å². The summed E-state index contributed by atoms with van der Waals surface area (Å²) < 4.78 is 1.93. The summed E-state index contributed by atoms with van der Waals surface area (Å²) in [5.41, 5.74) is 0.822. The number of hydrogen-bond acceptors (Lipinski definition) is 6. The van der Waals surface area contributed by atoms with Gasteiger partial charge in [0.2, 0.25) is 0 Å². The molecule has 0 radical (unpaired) electrons. The number of rotatable bonds is 3. The van der Waals surface area contributed by atoms with Gasteiger partial charge in [-0.3, -0.25) is 9.20 Å². The van der Waals surface area contributed by atoms with Crippen LogP contribution in [0.4, 0.5) is 5.82 Å². The van der Waals surface area contributed by atoms with E-state index in [0.717, 1.165) is 24.3 Å². The molecule has 0 spiro atoms. The van der Waals surface area contributed by atoms with Crippen molar-refractivity contribution in [2.24, 2.45) is 0 Å². The number of nitro groups is 1. The monoisotopic (exact) mass is 341 g/mol. The summed E-state index contributed by atoms with van der Waals surface area (Å²) in [4.78, 5) is 24.4. The molecule has 0 bridgehead atoms. The fourth-order valence-electron chi connectivity index (χ4n) is 3.19. The van der Waals surface area contributed by atoms with Crippen molar-refractivity contribution in [1.82, 2.24) is 29.7 Å². The van der Waals surface area contributed by atoms with Gasteiger partial charge in [0, 0.05) is 25.2 Å². The van der Waals surface area contributed by atoms with Gasteiger partial charge in [-0.2, -0.15) is 0 Å². The lowest BCUT2D eigenvalue weighted by molar-refractivity contribution is -0.389. The summed E-state index contributed by atoms with van der Waals surface area (Å²) >= 11 is 0. The second kappa shape index (κ2) is 5.96. The van der Waals surface area contributed by atoms with Crippen LogP contribution in [0.15, 0.2) is 30.5 Å². The van der Waals surface area contributed by atoms with Crippen molar-refractivity contribution >= 4 is 17.4 Å². The quantitative estimate of drug-likeness (QED) is 0.567. The molecule has 128 valence electrons. The highest BCUT2D eigenvalue weighted by Crippen LogP contribution is 2.27. The molecule has 0 aromatic carbocycles. The molecule has 0 unspecified atom stereocenters. The molecule has 4 rings (SSSR count). The summed E-state index contributed by atoms with van der Waals surface area (Å²) in [5, 5.41) is 25.2. The number of nitrogens with zero attached hydrogens (tertiary/aromatic N) is 6. The third kappa shape index (κ3) is 2.71. The Morgan fingerprint density at radius 1 is 1.36 bits per heavy atom. The molecule has 10 heteroatoms. The number of nitrogens with one attached hydrogen (secondary N) is 1. The number of fused-ring (bicyclic) bond motifs is 1. The van der Waals surface area contributed by atoms with Gasteiger partial charge in [-0.1, -0.05) is 11.2 Å². The van der Waals surface area contributed by atoms with Crippen LogP contribution >= 0.6 is 0 Å². The number of carbonyl (C=O) groups excluding carboxylic acids is 1. The van der Waals surface area contributed by atoms with Crippen molar-refractivity contribution in [3.05, 3.63) is 52.1 Å². The third-order valence-corrected chi connectivity index (χ3v) is 4.39. The Kier molecular flexibility index (Phi) is 3.64. The Balaban J connectivity index is 1.56. The number of aromatic amines is 1. The molecule has 1 aliphatic heterocycles. The smallest absolute Gasteiger partial charge is 0.343 e. The molecule has 3 aromatic heterocycles. The fraction of sp³-hybridized carbons (Fsp3) is 0.333. The molecule has 10 nitrogen and oxygen atoms in total. The maximum Gasteiger partial charge on any atom is 0.343 e. The van der Waals surface area contributed by atoms with Gasteiger partial charge in [0.15, 0.2) is 11.3 Å². The van der Waals surface area contributed by atoms with E-state index in [4.69, 9.17) is 0 Å². The average molecular weight is 341 g/mol. The highest BCUT2D eigenvalue weighted by atomic mass is 16.6. The van der Waals surface area contributed by atoms with Gasteiger partial charge in [-0.15, -0.1) is 15.3 Å². The number of pyridine rings is 1. The molecular weight excluding hydrogens is 326 g/mol. The van der Waals surface area contributed by atoms with Crippen molar-refractivity contribution in [3.8, 4) is 0 Å². The Hall–Kier alpha value is -3.30. The van der Waals surface area contributed by atoms with Gasteiger partial charge in [0.25, 0.3) is 5.91 Å². The number of hydrogen-bond donors (Lipinski definition) is 1. The van der Waals surface area contributed by atoms with E-state index in [-0.39, 0.29) is 23.3 Å². The van der Waals surface area contributed by atoms with E-state index in [0.29, 0.717) is 13.1 Å². The van der Waals surface area contributed by atoms with E-state index in [9.17, 15) is 14.9 Å². The lowest BCUT2D eigenvalue weighted by atomic mass is 9.97. The maximum absolute atomic E-state index is 12.6. The van der Waals surface area contributed by atoms with Crippen LogP contribution in [-0.2, 0) is 0 Å². The van der Waals surface area contributed by atoms with Gasteiger partial charge in [-0.25, -0.2) is 0 Å². The van der Waals surface area contributed by atoms with Crippen LogP contribution in [0.5, 0.6) is 0 Å². The van der Waals surface area contributed by atoms with Crippen molar-refractivity contribution in [2.45, 2.75) is 18.8 Å². The van der Waals surface area contributed by atoms with E-state index in [1.165, 1.54) is 6.07 Å². The highest BCUT2D eigenvalue weighted by molar-refractivity contribution is 5.92. The van der Waals surface area contributed by atoms with Crippen LogP contribution in [0.1, 0.15) is 35.1 Å². The van der Waals surface area contributed by atoms with Crippen molar-refractivity contribution in [2.75, 3.05) is 13.1 Å². The lowest BCUT2D eigenvalue weighted by Gasteiger charge is -2.31. The molecule has 4 heterocycles. The summed E-state index contributed by atoms with van der Waals surface area (Å²) in [5.74, 6) is 0.272. The molecule has 1 amide bonds. The molecule has 1 saturated heterocycles. The minimum atomic E-state index is -0.606. The molecule has 1 atom stereocenters. The molecule has 3 aromatic rings. The van der Waals surface area contributed by atoms with Gasteiger partial charge in [0.05, 0.1) is 6.07 Å². The minimum Gasteiger partial charge on any atom is -0.358 e. The minimum absolute atomic E-state index is 0.0541. The predicted octanol–water partition coefficient (Wildman–Crippen LogP) is 1.38. The average Bonchev–Trinajstić information content (AvgIpc) is 3.28. The van der Waals surface area contributed by atoms with Gasteiger partial charge in [0.1, 0.15) is 5.82 Å². The van der Waals surface area contributed by atoms with E-state index in [1.807, 2.05) is 28.8 Å². The van der Waals surface area contributed by atoms with E-state index < -0.39 is 4.92 Å². The number of likely N-dealkylation sites (tertiary alicyclic amines) is 1. The molecule has 0 aliphatic carbocycles. The molecular formula is C15H15N7O3. The molecule has 1 aliphatic rings. The Labute approximate surface area is 141 Å². The Morgan fingerprint density at radius 2 is 2.24 bits per heavy atom. The molecule has 0 saturated carbocycles. The summed E-state index contributed by atoms with van der Waals surface area (Å²) in [6.45, 7) is 1.07. The number of carbonyl (C=O) groups is 1. The standard InChI is InChI=1S/C15H15N7O3/c23-15(11-8-13(18-16-11)22(24)25)20-6-3-4-10(9-20)14-19-17-12-5-1-2-7-21(12)14/h1-2,5,7-8,10H,3-4,6,9H2,(H,16,18)/t10-/m0/s1. The predicted molar refractivity (Wildman–Crippen MR) is 86.1 cm³/mol. The Bertz CT molecular complexity index is 947. The summed E-state index contributed by atoms with van der Waals surface area (Å²) in [6, 6.07) is 6.85. The molecule has 1 N–H and O–H groups in total. The SMILES string of the molecule is O=C(c1cc([N+](=O)[O-])[nH]n1)N1CCC[C@H](c2nnc3ccccn23)C1. The lowest BCUT2D eigenvalue weighted by Crippen LogP contribution is -2.39. The summed E-state index contributed by atoms with van der Waals surface area (Å²) in [7, 11) is 0. The zero-order valence-corrected chi connectivity index (χ0v) is 13.2. The van der Waals surface area contributed by atoms with Crippen LogP contribution in [-0.4, -0.2) is 53.6 Å². The zero-order valence-electron chi connectivity index (χ0n) is 13.2. The van der Waals surface area contributed by atoms with Crippen LogP contribution in [0.25, 0.3) is 5.65 Å². The summed E-state index contributed by atoms with van der Waals surface area (Å²) in [6.07, 6.45) is 3.63. The van der Waals surface area contributed by atoms with E-state index in [1.54, 1.807) is 4.90 Å². The second-order valence-electron chi connectivity index (χ2n) is 5.97. The largest absolute Gasteiger partial charge is 0.358 e. The third-order valence-electron chi connectivity index (χ3n) is 4.39. The van der Waals surface area contributed by atoms with E-state index >= 15 is 0 Å². The second-order valence-corrected chi connectivity index (χ2v) is 5.97. The first-order valence-electron chi connectivity index (χ1n) is 7.92. The molecule has 1 fully saturated rings. The topological polar surface area (TPSA) is 122 Å². The first kappa shape index (κ1) is 15.2. The van der Waals surface area contributed by atoms with Gasteiger partial charge in [-0.05, 0) is 29.9 Å². The number of amides is 1. The van der Waals surface area contributed by atoms with Crippen molar-refractivity contribution < 1.29 is 9.72 Å². The maximum atomic E-state index is 12.6. The van der Waals surface area contributed by atoms with Gasteiger partial charge < -0.3 is 15.0 Å². The van der Waals surface area contributed by atoms with Crippen LogP contribution < -0.4 is 0 Å². The molecule has 25 heavy (non-hydrogen) atoms. The van der Waals surface area contributed by atoms with Crippen molar-refractivity contribution in [3.63, 3.8) is 0 Å². The Morgan fingerprint density at radius 3 is 3.04 bits per heavy atom. The number of aromatic nitrogens is 5. The van der Waals surface area contributed by atoms with Gasteiger partial charge >= 0.3 is 5.82 Å². The van der Waals surface area contributed by atoms with Crippen LogP contribution in [0.2, 0.25) is 0 Å². The first-order chi connectivity index (χ1) is 12.1. The number of H-pyrrole nitrogens is 1. The van der Waals surface area contributed by atoms with Crippen LogP contribution in [0.3, 0.4) is 0 Å². The fourth-order valence-corrected chi connectivity index (χ4v) is 3.19.